The molecule has 6 heteroatoms. The largest absolute Gasteiger partial charge is 0.491 e. The van der Waals surface area contributed by atoms with Crippen molar-refractivity contribution in [3.05, 3.63) is 29.3 Å². The van der Waals surface area contributed by atoms with Crippen LogP contribution in [-0.2, 0) is 16.1 Å². The van der Waals surface area contributed by atoms with Gasteiger partial charge in [0.25, 0.3) is 0 Å². The van der Waals surface area contributed by atoms with Gasteiger partial charge in [0.2, 0.25) is 5.91 Å². The summed E-state index contributed by atoms with van der Waals surface area (Å²) in [4.78, 5) is 11.5. The molecule has 0 aliphatic heterocycles. The van der Waals surface area contributed by atoms with Crippen LogP contribution in [0.5, 0.6) is 5.75 Å². The maximum absolute atomic E-state index is 11.5. The first kappa shape index (κ1) is 19.7. The number of ether oxygens (including phenoxy) is 2. The lowest BCUT2D eigenvalue weighted by molar-refractivity contribution is -0.122. The summed E-state index contributed by atoms with van der Waals surface area (Å²) in [7, 11) is 0. The van der Waals surface area contributed by atoms with Crippen molar-refractivity contribution in [2.24, 2.45) is 5.73 Å². The van der Waals surface area contributed by atoms with E-state index in [1.807, 2.05) is 32.0 Å². The molecule has 21 heavy (non-hydrogen) atoms. The highest BCUT2D eigenvalue weighted by molar-refractivity contribution is 5.85. The fourth-order valence-electron chi connectivity index (χ4n) is 1.64. The Labute approximate surface area is 132 Å². The predicted octanol–water partition coefficient (Wildman–Crippen LogP) is 1.80. The summed E-state index contributed by atoms with van der Waals surface area (Å²) in [6.07, 6.45) is 0. The SMILES string of the molecule is CCOCCOc1cc(C)ccc1CNC(=O)[C@H](C)N.Cl. The molecule has 1 atom stereocenters. The van der Waals surface area contributed by atoms with Crippen LogP contribution in [0.15, 0.2) is 18.2 Å². The Balaban J connectivity index is 0.00000400. The van der Waals surface area contributed by atoms with Crippen LogP contribution >= 0.6 is 12.4 Å². The Kier molecular flexibility index (Phi) is 9.78. The molecule has 0 aliphatic carbocycles. The number of nitrogens with two attached hydrogens (primary N) is 1. The van der Waals surface area contributed by atoms with Crippen molar-refractivity contribution < 1.29 is 14.3 Å². The van der Waals surface area contributed by atoms with Gasteiger partial charge in [-0.2, -0.15) is 0 Å². The maximum Gasteiger partial charge on any atom is 0.236 e. The minimum absolute atomic E-state index is 0. The molecule has 1 amide bonds. The number of halogens is 1. The van der Waals surface area contributed by atoms with Crippen LogP contribution in [0, 0.1) is 6.92 Å². The van der Waals surface area contributed by atoms with Crippen molar-refractivity contribution in [2.75, 3.05) is 19.8 Å². The molecule has 1 aromatic rings. The molecule has 0 fully saturated rings. The molecule has 0 saturated carbocycles. The molecule has 120 valence electrons. The zero-order valence-corrected chi connectivity index (χ0v) is 13.7. The number of rotatable bonds is 8. The van der Waals surface area contributed by atoms with Gasteiger partial charge in [-0.3, -0.25) is 4.79 Å². The highest BCUT2D eigenvalue weighted by Gasteiger charge is 2.09. The lowest BCUT2D eigenvalue weighted by Crippen LogP contribution is -2.37. The van der Waals surface area contributed by atoms with Crippen molar-refractivity contribution in [1.82, 2.24) is 5.32 Å². The minimum Gasteiger partial charge on any atom is -0.491 e. The second kappa shape index (κ2) is 10.4. The smallest absolute Gasteiger partial charge is 0.236 e. The molecule has 1 rings (SSSR count). The molecule has 0 heterocycles. The minimum atomic E-state index is -0.511. The predicted molar refractivity (Wildman–Crippen MR) is 85.9 cm³/mol. The Bertz CT molecular complexity index is 439. The number of carbonyl (C=O) groups excluding carboxylic acids is 1. The van der Waals surface area contributed by atoms with Gasteiger partial charge in [0, 0.05) is 18.7 Å². The van der Waals surface area contributed by atoms with E-state index in [0.29, 0.717) is 26.4 Å². The van der Waals surface area contributed by atoms with Crippen LogP contribution in [0.1, 0.15) is 25.0 Å². The van der Waals surface area contributed by atoms with Crippen LogP contribution in [0.25, 0.3) is 0 Å². The van der Waals surface area contributed by atoms with E-state index in [1.165, 1.54) is 0 Å². The molecule has 1 aromatic carbocycles. The topological polar surface area (TPSA) is 73.6 Å². The first-order valence-corrected chi connectivity index (χ1v) is 6.88. The van der Waals surface area contributed by atoms with Gasteiger partial charge in [-0.25, -0.2) is 0 Å². The fraction of sp³-hybridized carbons (Fsp3) is 0.533. The Hall–Kier alpha value is -1.30. The summed E-state index contributed by atoms with van der Waals surface area (Å²) in [5.74, 6) is 0.598. The van der Waals surface area contributed by atoms with E-state index in [0.717, 1.165) is 16.9 Å². The number of benzene rings is 1. The van der Waals surface area contributed by atoms with Gasteiger partial charge in [0.05, 0.1) is 12.6 Å². The number of amides is 1. The van der Waals surface area contributed by atoms with Crippen LogP contribution < -0.4 is 15.8 Å². The van der Waals surface area contributed by atoms with Crippen LogP contribution in [0.2, 0.25) is 0 Å². The molecule has 0 spiro atoms. The van der Waals surface area contributed by atoms with E-state index in [4.69, 9.17) is 15.2 Å². The summed E-state index contributed by atoms with van der Waals surface area (Å²) in [6, 6.07) is 5.39. The highest BCUT2D eigenvalue weighted by Crippen LogP contribution is 2.20. The van der Waals surface area contributed by atoms with Crippen molar-refractivity contribution in [2.45, 2.75) is 33.4 Å². The van der Waals surface area contributed by atoms with Crippen molar-refractivity contribution in [1.29, 1.82) is 0 Å². The van der Waals surface area contributed by atoms with Gasteiger partial charge < -0.3 is 20.5 Å². The van der Waals surface area contributed by atoms with E-state index >= 15 is 0 Å². The lowest BCUT2D eigenvalue weighted by atomic mass is 10.1. The second-order valence-electron chi connectivity index (χ2n) is 4.66. The van der Waals surface area contributed by atoms with E-state index in [2.05, 4.69) is 5.32 Å². The molecule has 0 saturated heterocycles. The summed E-state index contributed by atoms with van der Waals surface area (Å²) in [6.45, 7) is 7.73. The second-order valence-corrected chi connectivity index (χ2v) is 4.66. The normalized spacial score (nSPS) is 11.4. The summed E-state index contributed by atoms with van der Waals surface area (Å²) < 4.78 is 10.9. The monoisotopic (exact) mass is 316 g/mol. The molecular weight excluding hydrogens is 292 g/mol. The van der Waals surface area contributed by atoms with Gasteiger partial charge in [0.1, 0.15) is 12.4 Å². The molecule has 5 nitrogen and oxygen atoms in total. The van der Waals surface area contributed by atoms with Crippen molar-refractivity contribution in [3.63, 3.8) is 0 Å². The Morgan fingerprint density at radius 1 is 1.38 bits per heavy atom. The molecule has 0 aliphatic rings. The molecule has 3 N–H and O–H groups in total. The van der Waals surface area contributed by atoms with Gasteiger partial charge in [0.15, 0.2) is 0 Å². The first-order chi connectivity index (χ1) is 9.54. The van der Waals surface area contributed by atoms with Gasteiger partial charge >= 0.3 is 0 Å². The number of carbonyl (C=O) groups is 1. The zero-order chi connectivity index (χ0) is 15.0. The van der Waals surface area contributed by atoms with Crippen LogP contribution in [-0.4, -0.2) is 31.8 Å². The Morgan fingerprint density at radius 3 is 2.71 bits per heavy atom. The molecule has 0 bridgehead atoms. The summed E-state index contributed by atoms with van der Waals surface area (Å²) in [5, 5.41) is 2.78. The number of hydrogen-bond acceptors (Lipinski definition) is 4. The third-order valence-corrected chi connectivity index (χ3v) is 2.78. The summed E-state index contributed by atoms with van der Waals surface area (Å²) >= 11 is 0. The average Bonchev–Trinajstić information content (AvgIpc) is 2.42. The van der Waals surface area contributed by atoms with Gasteiger partial charge in [-0.15, -0.1) is 12.4 Å². The number of hydrogen-bond donors (Lipinski definition) is 2. The quantitative estimate of drug-likeness (QED) is 0.717. The van der Waals surface area contributed by atoms with Crippen LogP contribution in [0.4, 0.5) is 0 Å². The standard InChI is InChI=1S/C15H24N2O3.ClH/c1-4-19-7-8-20-14-9-11(2)5-6-13(14)10-17-15(18)12(3)16;/h5-6,9,12H,4,7-8,10,16H2,1-3H3,(H,17,18);1H/t12-;/m0./s1. The van der Waals surface area contributed by atoms with Gasteiger partial charge in [-0.05, 0) is 32.4 Å². The average molecular weight is 317 g/mol. The van der Waals surface area contributed by atoms with Crippen LogP contribution in [0.3, 0.4) is 0 Å². The first-order valence-electron chi connectivity index (χ1n) is 6.88. The summed E-state index contributed by atoms with van der Waals surface area (Å²) in [5.41, 5.74) is 7.56. The van der Waals surface area contributed by atoms with E-state index in [1.54, 1.807) is 6.92 Å². The van der Waals surface area contributed by atoms with Crippen molar-refractivity contribution in [3.8, 4) is 5.75 Å². The highest BCUT2D eigenvalue weighted by atomic mass is 35.5. The van der Waals surface area contributed by atoms with E-state index < -0.39 is 6.04 Å². The lowest BCUT2D eigenvalue weighted by Gasteiger charge is -2.14. The maximum atomic E-state index is 11.5. The number of aryl methyl sites for hydroxylation is 1. The Morgan fingerprint density at radius 2 is 2.10 bits per heavy atom. The van der Waals surface area contributed by atoms with E-state index in [-0.39, 0.29) is 18.3 Å². The van der Waals surface area contributed by atoms with Gasteiger partial charge in [-0.1, -0.05) is 12.1 Å². The third kappa shape index (κ3) is 7.32. The third-order valence-electron chi connectivity index (χ3n) is 2.78. The zero-order valence-electron chi connectivity index (χ0n) is 12.8. The van der Waals surface area contributed by atoms with E-state index in [9.17, 15) is 4.79 Å². The molecule has 0 aromatic heterocycles. The molecule has 0 radical (unpaired) electrons. The fourth-order valence-corrected chi connectivity index (χ4v) is 1.64. The van der Waals surface area contributed by atoms with Crippen molar-refractivity contribution >= 4 is 18.3 Å². The molecule has 0 unspecified atom stereocenters. The molecular formula is C15H25ClN2O3. The number of nitrogens with one attached hydrogen (secondary N) is 1.